The number of halogens is 3. The molecule has 27 heavy (non-hydrogen) atoms. The van der Waals surface area contributed by atoms with Crippen LogP contribution in [0.4, 0.5) is 13.6 Å². The second-order valence-electron chi connectivity index (χ2n) is 6.34. The number of nitrogens with one attached hydrogen (secondary N) is 1. The Hall–Kier alpha value is -2.67. The van der Waals surface area contributed by atoms with E-state index in [2.05, 4.69) is 5.32 Å². The molecule has 2 atom stereocenters. The number of nitrogens with zero attached hydrogens (tertiary/aromatic N) is 1. The van der Waals surface area contributed by atoms with E-state index in [1.807, 2.05) is 0 Å². The van der Waals surface area contributed by atoms with Gasteiger partial charge in [0.05, 0.1) is 12.0 Å². The molecule has 2 unspecified atom stereocenters. The molecule has 0 aliphatic carbocycles. The highest BCUT2D eigenvalue weighted by atomic mass is 35.5. The van der Waals surface area contributed by atoms with Crippen LogP contribution in [0.2, 0.25) is 5.02 Å². The van der Waals surface area contributed by atoms with Gasteiger partial charge in [-0.25, -0.2) is 13.6 Å². The summed E-state index contributed by atoms with van der Waals surface area (Å²) < 4.78 is 28.1. The van der Waals surface area contributed by atoms with E-state index in [4.69, 9.17) is 16.7 Å². The van der Waals surface area contributed by atoms with E-state index in [9.17, 15) is 18.4 Å². The summed E-state index contributed by atoms with van der Waals surface area (Å²) in [7, 11) is 0. The van der Waals surface area contributed by atoms with Crippen molar-refractivity contribution in [2.24, 2.45) is 5.92 Å². The van der Waals surface area contributed by atoms with E-state index >= 15 is 0 Å². The number of urea groups is 1. The molecule has 3 rings (SSSR count). The maximum Gasteiger partial charge on any atom is 0.318 e. The molecule has 0 radical (unpaired) electrons. The van der Waals surface area contributed by atoms with Crippen LogP contribution in [0.3, 0.4) is 0 Å². The average molecular weight is 395 g/mol. The van der Waals surface area contributed by atoms with E-state index in [1.54, 1.807) is 24.3 Å². The Morgan fingerprint density at radius 2 is 1.93 bits per heavy atom. The van der Waals surface area contributed by atoms with Gasteiger partial charge >= 0.3 is 12.0 Å². The number of aliphatic carboxylic acids is 1. The average Bonchev–Trinajstić information content (AvgIpc) is 3.13. The van der Waals surface area contributed by atoms with Crippen molar-refractivity contribution in [3.05, 3.63) is 70.2 Å². The fraction of sp³-hybridized carbons (Fsp3) is 0.263. The SMILES string of the molecule is O=C(O)C1CCN(C(=O)NC(c2cc(F)ccc2F)c2ccccc2Cl)C1. The van der Waals surface area contributed by atoms with Gasteiger partial charge in [0.1, 0.15) is 11.6 Å². The van der Waals surface area contributed by atoms with Crippen molar-refractivity contribution in [1.82, 2.24) is 10.2 Å². The summed E-state index contributed by atoms with van der Waals surface area (Å²) in [4.78, 5) is 25.1. The number of carboxylic acid groups (broad SMARTS) is 1. The molecule has 2 aromatic carbocycles. The molecule has 0 bridgehead atoms. The largest absolute Gasteiger partial charge is 0.481 e. The fourth-order valence-corrected chi connectivity index (χ4v) is 3.37. The van der Waals surface area contributed by atoms with Crippen LogP contribution in [0.1, 0.15) is 23.6 Å². The number of amides is 2. The van der Waals surface area contributed by atoms with Crippen LogP contribution in [0.15, 0.2) is 42.5 Å². The Kier molecular flexibility index (Phi) is 5.60. The molecule has 0 saturated carbocycles. The zero-order chi connectivity index (χ0) is 19.6. The number of carbonyl (C=O) groups excluding carboxylic acids is 1. The Morgan fingerprint density at radius 3 is 2.59 bits per heavy atom. The number of carboxylic acids is 1. The van der Waals surface area contributed by atoms with Crippen molar-refractivity contribution in [2.45, 2.75) is 12.5 Å². The molecule has 0 aromatic heterocycles. The second-order valence-corrected chi connectivity index (χ2v) is 6.75. The Bertz CT molecular complexity index is 878. The Labute approximate surface area is 159 Å². The number of hydrogen-bond acceptors (Lipinski definition) is 2. The van der Waals surface area contributed by atoms with Crippen molar-refractivity contribution in [3.8, 4) is 0 Å². The van der Waals surface area contributed by atoms with E-state index < -0.39 is 35.6 Å². The number of rotatable bonds is 4. The summed E-state index contributed by atoms with van der Waals surface area (Å²) in [6.07, 6.45) is 0.341. The molecule has 0 spiro atoms. The summed E-state index contributed by atoms with van der Waals surface area (Å²) in [6, 6.07) is 7.95. The van der Waals surface area contributed by atoms with Gasteiger partial charge in [0.15, 0.2) is 0 Å². The van der Waals surface area contributed by atoms with E-state index in [1.165, 1.54) is 4.90 Å². The Morgan fingerprint density at radius 1 is 1.19 bits per heavy atom. The normalized spacial score (nSPS) is 17.6. The lowest BCUT2D eigenvalue weighted by molar-refractivity contribution is -0.141. The highest BCUT2D eigenvalue weighted by Crippen LogP contribution is 2.31. The van der Waals surface area contributed by atoms with Crippen molar-refractivity contribution < 1.29 is 23.5 Å². The van der Waals surface area contributed by atoms with Crippen LogP contribution in [-0.4, -0.2) is 35.1 Å². The molecular formula is C19H17ClF2N2O3. The van der Waals surface area contributed by atoms with Gasteiger partial charge in [0, 0.05) is 23.7 Å². The van der Waals surface area contributed by atoms with Gasteiger partial charge in [0.2, 0.25) is 0 Å². The third-order valence-corrected chi connectivity index (χ3v) is 4.92. The molecule has 1 heterocycles. The molecule has 1 fully saturated rings. The van der Waals surface area contributed by atoms with Gasteiger partial charge in [-0.05, 0) is 36.2 Å². The molecule has 1 aliphatic rings. The smallest absolute Gasteiger partial charge is 0.318 e. The molecule has 1 saturated heterocycles. The van der Waals surface area contributed by atoms with E-state index in [0.717, 1.165) is 18.2 Å². The van der Waals surface area contributed by atoms with Crippen molar-refractivity contribution in [2.75, 3.05) is 13.1 Å². The van der Waals surface area contributed by atoms with Crippen LogP contribution in [-0.2, 0) is 4.79 Å². The second kappa shape index (κ2) is 7.92. The highest BCUT2D eigenvalue weighted by molar-refractivity contribution is 6.31. The molecule has 2 aromatic rings. The molecule has 2 amide bonds. The minimum absolute atomic E-state index is 0.0576. The maximum atomic E-state index is 14.4. The third-order valence-electron chi connectivity index (χ3n) is 4.58. The first kappa shape index (κ1) is 19.1. The number of benzene rings is 2. The molecule has 2 N–H and O–H groups in total. The standard InChI is InChI=1S/C19H17ClF2N2O3/c20-15-4-2-1-3-13(15)17(14-9-12(21)5-6-16(14)22)23-19(27)24-8-7-11(10-24)18(25)26/h1-6,9,11,17H,7-8,10H2,(H,23,27)(H,25,26). The van der Waals surface area contributed by atoms with Gasteiger partial charge in [0.25, 0.3) is 0 Å². The summed E-state index contributed by atoms with van der Waals surface area (Å²) in [5, 5.41) is 12.0. The van der Waals surface area contributed by atoms with Gasteiger partial charge in [-0.15, -0.1) is 0 Å². The fourth-order valence-electron chi connectivity index (χ4n) is 3.13. The summed E-state index contributed by atoms with van der Waals surface area (Å²) in [6.45, 7) is 0.325. The number of hydrogen-bond donors (Lipinski definition) is 2. The zero-order valence-electron chi connectivity index (χ0n) is 14.2. The summed E-state index contributed by atoms with van der Waals surface area (Å²) in [5.74, 6) is -2.94. The Balaban J connectivity index is 1.91. The van der Waals surface area contributed by atoms with Crippen LogP contribution in [0.25, 0.3) is 0 Å². The molecular weight excluding hydrogens is 378 g/mol. The molecule has 142 valence electrons. The van der Waals surface area contributed by atoms with Crippen LogP contribution < -0.4 is 5.32 Å². The minimum Gasteiger partial charge on any atom is -0.481 e. The lowest BCUT2D eigenvalue weighted by Crippen LogP contribution is -2.41. The monoisotopic (exact) mass is 394 g/mol. The minimum atomic E-state index is -1.02. The first-order valence-corrected chi connectivity index (χ1v) is 8.72. The van der Waals surface area contributed by atoms with Gasteiger partial charge < -0.3 is 15.3 Å². The predicted molar refractivity (Wildman–Crippen MR) is 95.5 cm³/mol. The van der Waals surface area contributed by atoms with Crippen LogP contribution >= 0.6 is 11.6 Å². The third kappa shape index (κ3) is 4.19. The quantitative estimate of drug-likeness (QED) is 0.828. The van der Waals surface area contributed by atoms with Gasteiger partial charge in [-0.1, -0.05) is 29.8 Å². The van der Waals surface area contributed by atoms with E-state index in [0.29, 0.717) is 12.0 Å². The van der Waals surface area contributed by atoms with E-state index in [-0.39, 0.29) is 23.7 Å². The molecule has 8 heteroatoms. The summed E-state index contributed by atoms with van der Waals surface area (Å²) >= 11 is 6.21. The lowest BCUT2D eigenvalue weighted by Gasteiger charge is -2.25. The van der Waals surface area contributed by atoms with Crippen molar-refractivity contribution >= 4 is 23.6 Å². The molecule has 1 aliphatic heterocycles. The number of carbonyl (C=O) groups is 2. The van der Waals surface area contributed by atoms with Gasteiger partial charge in [-0.2, -0.15) is 0 Å². The van der Waals surface area contributed by atoms with Crippen LogP contribution in [0.5, 0.6) is 0 Å². The molecule has 5 nitrogen and oxygen atoms in total. The van der Waals surface area contributed by atoms with Crippen molar-refractivity contribution in [3.63, 3.8) is 0 Å². The number of likely N-dealkylation sites (tertiary alicyclic amines) is 1. The first-order chi connectivity index (χ1) is 12.9. The first-order valence-electron chi connectivity index (χ1n) is 8.34. The zero-order valence-corrected chi connectivity index (χ0v) is 14.9. The highest BCUT2D eigenvalue weighted by Gasteiger charge is 2.32. The van der Waals surface area contributed by atoms with Gasteiger partial charge in [-0.3, -0.25) is 4.79 Å². The van der Waals surface area contributed by atoms with Crippen molar-refractivity contribution in [1.29, 1.82) is 0 Å². The predicted octanol–water partition coefficient (Wildman–Crippen LogP) is 3.82. The lowest BCUT2D eigenvalue weighted by atomic mass is 9.98. The van der Waals surface area contributed by atoms with Crippen LogP contribution in [0, 0.1) is 17.6 Å². The topological polar surface area (TPSA) is 69.6 Å². The summed E-state index contributed by atoms with van der Waals surface area (Å²) in [5.41, 5.74) is 0.344. The maximum absolute atomic E-state index is 14.4.